The molecule has 0 aromatic heterocycles. The fraction of sp³-hybridized carbons (Fsp3) is 0.150. The summed E-state index contributed by atoms with van der Waals surface area (Å²) in [5.41, 5.74) is 10.4. The van der Waals surface area contributed by atoms with Crippen LogP contribution in [0.4, 0.5) is 11.4 Å². The summed E-state index contributed by atoms with van der Waals surface area (Å²) in [4.78, 5) is 28.2. The van der Waals surface area contributed by atoms with Gasteiger partial charge < -0.3 is 11.1 Å². The normalized spacial score (nSPS) is 13.2. The first-order valence-corrected chi connectivity index (χ1v) is 7.99. The van der Waals surface area contributed by atoms with Crippen LogP contribution in [0.1, 0.15) is 46.5 Å². The predicted octanol–water partition coefficient (Wildman–Crippen LogP) is 3.94. The zero-order valence-electron chi connectivity index (χ0n) is 14.2. The molecule has 0 aliphatic carbocycles. The van der Waals surface area contributed by atoms with Gasteiger partial charge in [-0.15, -0.1) is 0 Å². The number of fused-ring (bicyclic) bond motifs is 1. The molecule has 1 amide bonds. The number of benzene rings is 2. The smallest absolute Gasteiger partial charge is 0.255 e. The van der Waals surface area contributed by atoms with Crippen molar-refractivity contribution >= 4 is 35.0 Å². The van der Waals surface area contributed by atoms with E-state index in [1.807, 2.05) is 19.1 Å². The summed E-state index contributed by atoms with van der Waals surface area (Å²) < 4.78 is 0. The van der Waals surface area contributed by atoms with Gasteiger partial charge in [0.15, 0.2) is 5.78 Å². The number of carbonyl (C=O) groups is 2. The van der Waals surface area contributed by atoms with E-state index < -0.39 is 0 Å². The van der Waals surface area contributed by atoms with E-state index in [9.17, 15) is 9.59 Å². The fourth-order valence-electron chi connectivity index (χ4n) is 2.69. The number of nitrogens with zero attached hydrogens (tertiary/aromatic N) is 1. The zero-order valence-corrected chi connectivity index (χ0v) is 14.2. The van der Waals surface area contributed by atoms with E-state index in [0.29, 0.717) is 34.8 Å². The minimum Gasteiger partial charge on any atom is -0.387 e. The first-order valence-electron chi connectivity index (χ1n) is 7.99. The quantitative estimate of drug-likeness (QED) is 0.834. The number of anilines is 1. The Morgan fingerprint density at radius 2 is 1.76 bits per heavy atom. The number of nitrogens with two attached hydrogens (primary N) is 1. The Labute approximate surface area is 146 Å². The molecule has 5 heteroatoms. The Hall–Kier alpha value is -3.21. The number of hydrogen-bond acceptors (Lipinski definition) is 4. The van der Waals surface area contributed by atoms with Crippen LogP contribution in [0.3, 0.4) is 0 Å². The van der Waals surface area contributed by atoms with Gasteiger partial charge in [-0.3, -0.25) is 9.59 Å². The molecule has 25 heavy (non-hydrogen) atoms. The van der Waals surface area contributed by atoms with Gasteiger partial charge in [-0.2, -0.15) is 0 Å². The lowest BCUT2D eigenvalue weighted by Gasteiger charge is -2.08. The minimum atomic E-state index is -0.239. The van der Waals surface area contributed by atoms with Crippen molar-refractivity contribution in [3.8, 4) is 0 Å². The number of Topliss-reactive ketones (excluding diaryl/α,β-unsaturated/α-hetero) is 1. The van der Waals surface area contributed by atoms with Crippen molar-refractivity contribution in [1.82, 2.24) is 0 Å². The van der Waals surface area contributed by atoms with Crippen molar-refractivity contribution < 1.29 is 9.59 Å². The van der Waals surface area contributed by atoms with Crippen LogP contribution in [0.15, 0.2) is 53.0 Å². The second-order valence-corrected chi connectivity index (χ2v) is 6.13. The van der Waals surface area contributed by atoms with E-state index in [4.69, 9.17) is 5.73 Å². The van der Waals surface area contributed by atoms with E-state index in [1.54, 1.807) is 36.4 Å². The Balaban J connectivity index is 1.84. The van der Waals surface area contributed by atoms with E-state index in [1.165, 1.54) is 6.92 Å². The lowest BCUT2D eigenvalue weighted by molar-refractivity contribution is 0.101. The van der Waals surface area contributed by atoms with Crippen molar-refractivity contribution in [1.29, 1.82) is 0 Å². The van der Waals surface area contributed by atoms with Crippen LogP contribution in [0.25, 0.3) is 6.08 Å². The van der Waals surface area contributed by atoms with Crippen LogP contribution in [0.2, 0.25) is 0 Å². The number of rotatable bonds is 3. The van der Waals surface area contributed by atoms with Gasteiger partial charge in [0.1, 0.15) is 5.84 Å². The third-order valence-electron chi connectivity index (χ3n) is 3.97. The molecule has 2 aromatic rings. The van der Waals surface area contributed by atoms with Crippen LogP contribution in [-0.2, 0) is 0 Å². The molecule has 1 aliphatic rings. The fourth-order valence-corrected chi connectivity index (χ4v) is 2.69. The van der Waals surface area contributed by atoms with E-state index in [2.05, 4.69) is 10.3 Å². The standard InChI is InChI=1S/C20H19N3O2/c1-12-9-15-3-4-16(11-18(15)23-19(21)10-12)20(25)22-17-7-5-14(6-8-17)13(2)24/h3-9,11H,10H2,1-2H3,(H2,21,23)(H,22,25). The van der Waals surface area contributed by atoms with Crippen molar-refractivity contribution in [2.45, 2.75) is 20.3 Å². The number of amidine groups is 1. The van der Waals surface area contributed by atoms with Crippen LogP contribution in [-0.4, -0.2) is 17.5 Å². The second kappa shape index (κ2) is 6.73. The molecule has 0 radical (unpaired) electrons. The number of amides is 1. The molecule has 1 aliphatic heterocycles. The summed E-state index contributed by atoms with van der Waals surface area (Å²) >= 11 is 0. The molecule has 5 nitrogen and oxygen atoms in total. The maximum Gasteiger partial charge on any atom is 0.255 e. The maximum absolute atomic E-state index is 12.5. The van der Waals surface area contributed by atoms with Gasteiger partial charge in [0.25, 0.3) is 5.91 Å². The topological polar surface area (TPSA) is 84.5 Å². The largest absolute Gasteiger partial charge is 0.387 e. The second-order valence-electron chi connectivity index (χ2n) is 6.13. The molecule has 0 atom stereocenters. The molecule has 0 saturated heterocycles. The molecule has 0 saturated carbocycles. The molecule has 1 heterocycles. The van der Waals surface area contributed by atoms with Crippen LogP contribution in [0, 0.1) is 0 Å². The number of carbonyl (C=O) groups excluding carboxylic acids is 2. The summed E-state index contributed by atoms with van der Waals surface area (Å²) in [6.07, 6.45) is 2.65. The highest BCUT2D eigenvalue weighted by molar-refractivity contribution is 6.05. The highest BCUT2D eigenvalue weighted by Crippen LogP contribution is 2.27. The Kier molecular flexibility index (Phi) is 4.48. The average molecular weight is 333 g/mol. The van der Waals surface area contributed by atoms with Gasteiger partial charge in [-0.25, -0.2) is 4.99 Å². The first kappa shape index (κ1) is 16.6. The molecule has 0 unspecified atom stereocenters. The Morgan fingerprint density at radius 1 is 1.08 bits per heavy atom. The first-order chi connectivity index (χ1) is 11.9. The van der Waals surface area contributed by atoms with E-state index >= 15 is 0 Å². The molecule has 0 bridgehead atoms. The van der Waals surface area contributed by atoms with E-state index in [-0.39, 0.29) is 11.7 Å². The number of aliphatic imine (C=N–C) groups is 1. The van der Waals surface area contributed by atoms with Gasteiger partial charge >= 0.3 is 0 Å². The summed E-state index contributed by atoms with van der Waals surface area (Å²) in [5, 5.41) is 2.82. The minimum absolute atomic E-state index is 0.0116. The third-order valence-corrected chi connectivity index (χ3v) is 3.97. The summed E-state index contributed by atoms with van der Waals surface area (Å²) in [7, 11) is 0. The van der Waals surface area contributed by atoms with Gasteiger partial charge in [-0.05, 0) is 50.2 Å². The van der Waals surface area contributed by atoms with Crippen LogP contribution in [0.5, 0.6) is 0 Å². The van der Waals surface area contributed by atoms with Gasteiger partial charge in [-0.1, -0.05) is 17.7 Å². The molecule has 0 fully saturated rings. The summed E-state index contributed by atoms with van der Waals surface area (Å²) in [6.45, 7) is 3.51. The average Bonchev–Trinajstić information content (AvgIpc) is 2.70. The SMILES string of the molecule is CC(=O)c1ccc(NC(=O)c2ccc3c(c2)N=C(N)CC(C)=C3)cc1. The Morgan fingerprint density at radius 3 is 2.44 bits per heavy atom. The summed E-state index contributed by atoms with van der Waals surface area (Å²) in [6, 6.07) is 12.2. The molecule has 0 spiro atoms. The van der Waals surface area contributed by atoms with Crippen LogP contribution >= 0.6 is 0 Å². The third kappa shape index (κ3) is 3.83. The van der Waals surface area contributed by atoms with Crippen molar-refractivity contribution in [3.63, 3.8) is 0 Å². The maximum atomic E-state index is 12.5. The lowest BCUT2D eigenvalue weighted by atomic mass is 10.1. The zero-order chi connectivity index (χ0) is 18.0. The van der Waals surface area contributed by atoms with Crippen molar-refractivity contribution in [3.05, 3.63) is 64.7 Å². The molecular formula is C20H19N3O2. The van der Waals surface area contributed by atoms with Crippen molar-refractivity contribution in [2.24, 2.45) is 10.7 Å². The summed E-state index contributed by atoms with van der Waals surface area (Å²) in [5.74, 6) is 0.282. The van der Waals surface area contributed by atoms with E-state index in [0.717, 1.165) is 11.1 Å². The molecule has 126 valence electrons. The highest BCUT2D eigenvalue weighted by atomic mass is 16.1. The van der Waals surface area contributed by atoms with Crippen molar-refractivity contribution in [2.75, 3.05) is 5.32 Å². The van der Waals surface area contributed by atoms with Crippen LogP contribution < -0.4 is 11.1 Å². The molecule has 3 rings (SSSR count). The number of ketones is 1. The monoisotopic (exact) mass is 333 g/mol. The molecule has 3 N–H and O–H groups in total. The number of nitrogens with one attached hydrogen (secondary N) is 1. The Bertz CT molecular complexity index is 909. The highest BCUT2D eigenvalue weighted by Gasteiger charge is 2.12. The predicted molar refractivity (Wildman–Crippen MR) is 100 cm³/mol. The molecule has 2 aromatic carbocycles. The lowest BCUT2D eigenvalue weighted by Crippen LogP contribution is -2.12. The van der Waals surface area contributed by atoms with Gasteiger partial charge in [0.2, 0.25) is 0 Å². The van der Waals surface area contributed by atoms with Gasteiger partial charge in [0, 0.05) is 28.8 Å². The molecular weight excluding hydrogens is 314 g/mol. The number of hydrogen-bond donors (Lipinski definition) is 2. The van der Waals surface area contributed by atoms with Gasteiger partial charge in [0.05, 0.1) is 5.69 Å².